The second kappa shape index (κ2) is 9.59. The number of hydrogen-bond donors (Lipinski definition) is 1. The third-order valence-electron chi connectivity index (χ3n) is 6.25. The van der Waals surface area contributed by atoms with Crippen molar-refractivity contribution in [2.24, 2.45) is 0 Å². The first-order valence-corrected chi connectivity index (χ1v) is 11.0. The molecule has 2 aliphatic heterocycles. The molecule has 0 aromatic heterocycles. The van der Waals surface area contributed by atoms with Gasteiger partial charge in [-0.05, 0) is 43.0 Å². The van der Waals surface area contributed by atoms with Crippen LogP contribution in [-0.2, 0) is 17.9 Å². The van der Waals surface area contributed by atoms with Gasteiger partial charge in [-0.25, -0.2) is 0 Å². The third-order valence-corrected chi connectivity index (χ3v) is 6.48. The minimum atomic E-state index is -0.0210. The molecule has 162 valence electrons. The summed E-state index contributed by atoms with van der Waals surface area (Å²) >= 11 is 6.17. The molecule has 3 atom stereocenters. The number of para-hydroxylation sites is 1. The summed E-state index contributed by atoms with van der Waals surface area (Å²) in [5.74, 6) is 0.782. The van der Waals surface area contributed by atoms with Crippen molar-refractivity contribution in [1.82, 2.24) is 15.1 Å². The summed E-state index contributed by atoms with van der Waals surface area (Å²) in [5, 5.41) is 13.2. The van der Waals surface area contributed by atoms with E-state index in [4.69, 9.17) is 16.3 Å². The zero-order valence-corrected chi connectivity index (χ0v) is 18.4. The molecule has 4 rings (SSSR count). The van der Waals surface area contributed by atoms with Crippen molar-refractivity contribution in [3.05, 3.63) is 64.7 Å². The van der Waals surface area contributed by atoms with Crippen LogP contribution >= 0.6 is 11.6 Å². The van der Waals surface area contributed by atoms with Crippen molar-refractivity contribution in [2.75, 3.05) is 13.7 Å². The van der Waals surface area contributed by atoms with E-state index in [0.717, 1.165) is 36.1 Å². The summed E-state index contributed by atoms with van der Waals surface area (Å²) in [5.41, 5.74) is 2.07. The summed E-state index contributed by atoms with van der Waals surface area (Å²) < 4.78 is 5.50. The number of halogens is 1. The molecule has 0 saturated carbocycles. The van der Waals surface area contributed by atoms with Gasteiger partial charge in [-0.2, -0.15) is 5.26 Å². The molecule has 1 amide bonds. The van der Waals surface area contributed by atoms with E-state index in [1.54, 1.807) is 7.11 Å². The average molecular weight is 439 g/mol. The molecule has 6 nitrogen and oxygen atoms in total. The molecule has 0 unspecified atom stereocenters. The van der Waals surface area contributed by atoms with E-state index in [1.165, 1.54) is 0 Å². The number of fused-ring (bicyclic) bond motifs is 2. The van der Waals surface area contributed by atoms with Gasteiger partial charge in [0.15, 0.2) is 6.19 Å². The zero-order chi connectivity index (χ0) is 21.8. The first-order valence-electron chi connectivity index (χ1n) is 10.6. The summed E-state index contributed by atoms with van der Waals surface area (Å²) in [6.07, 6.45) is 5.16. The molecule has 2 heterocycles. The number of methoxy groups -OCH3 is 1. The van der Waals surface area contributed by atoms with Crippen LogP contribution in [-0.4, -0.2) is 47.5 Å². The summed E-state index contributed by atoms with van der Waals surface area (Å²) in [4.78, 5) is 16.9. The van der Waals surface area contributed by atoms with Gasteiger partial charge < -0.3 is 15.0 Å². The number of amides is 1. The second-order valence-corrected chi connectivity index (χ2v) is 8.74. The van der Waals surface area contributed by atoms with Crippen LogP contribution in [0.5, 0.6) is 5.75 Å². The number of carbonyl (C=O) groups is 1. The molecule has 0 radical (unpaired) electrons. The lowest BCUT2D eigenvalue weighted by Gasteiger charge is -2.26. The van der Waals surface area contributed by atoms with Crippen LogP contribution in [0, 0.1) is 11.5 Å². The molecule has 0 aliphatic carbocycles. The lowest BCUT2D eigenvalue weighted by molar-refractivity contribution is -0.123. The minimum Gasteiger partial charge on any atom is -0.496 e. The predicted molar refractivity (Wildman–Crippen MR) is 119 cm³/mol. The number of rotatable bonds is 8. The Morgan fingerprint density at radius 2 is 2.10 bits per heavy atom. The zero-order valence-electron chi connectivity index (χ0n) is 17.6. The number of ether oxygens (including phenoxy) is 1. The highest BCUT2D eigenvalue weighted by molar-refractivity contribution is 6.30. The van der Waals surface area contributed by atoms with E-state index in [-0.39, 0.29) is 30.6 Å². The number of hydrogen-bond acceptors (Lipinski definition) is 5. The van der Waals surface area contributed by atoms with Gasteiger partial charge in [0, 0.05) is 29.7 Å². The fourth-order valence-corrected chi connectivity index (χ4v) is 5.10. The van der Waals surface area contributed by atoms with E-state index >= 15 is 0 Å². The van der Waals surface area contributed by atoms with Crippen molar-refractivity contribution in [3.63, 3.8) is 0 Å². The fourth-order valence-electron chi connectivity index (χ4n) is 4.89. The van der Waals surface area contributed by atoms with Crippen molar-refractivity contribution < 1.29 is 9.53 Å². The Hall–Kier alpha value is -2.75. The number of nitrogens with zero attached hydrogens (tertiary/aromatic N) is 3. The highest BCUT2D eigenvalue weighted by atomic mass is 35.5. The highest BCUT2D eigenvalue weighted by Crippen LogP contribution is 2.37. The van der Waals surface area contributed by atoms with Gasteiger partial charge >= 0.3 is 0 Å². The molecule has 2 aliphatic rings. The average Bonchev–Trinajstić information content (AvgIpc) is 3.30. The molecule has 2 aromatic rings. The van der Waals surface area contributed by atoms with E-state index < -0.39 is 0 Å². The Labute approximate surface area is 188 Å². The molecule has 2 aromatic carbocycles. The quantitative estimate of drug-likeness (QED) is 0.638. The smallest absolute Gasteiger partial charge is 0.234 e. The lowest BCUT2D eigenvalue weighted by atomic mass is 9.95. The lowest BCUT2D eigenvalue weighted by Crippen LogP contribution is -2.46. The first kappa shape index (κ1) is 21.5. The van der Waals surface area contributed by atoms with Crippen LogP contribution < -0.4 is 10.1 Å². The van der Waals surface area contributed by atoms with Crippen LogP contribution in [0.25, 0.3) is 0 Å². The number of carbonyl (C=O) groups excluding carboxylic acids is 1. The molecular formula is C24H27ClN4O2. The molecule has 7 heteroatoms. The Morgan fingerprint density at radius 1 is 1.26 bits per heavy atom. The maximum absolute atomic E-state index is 13.0. The molecular weight excluding hydrogens is 412 g/mol. The van der Waals surface area contributed by atoms with Gasteiger partial charge in [0.25, 0.3) is 0 Å². The molecule has 2 fully saturated rings. The Bertz CT molecular complexity index is 976. The van der Waals surface area contributed by atoms with Crippen LogP contribution in [0.3, 0.4) is 0 Å². The van der Waals surface area contributed by atoms with Crippen LogP contribution in [0.4, 0.5) is 0 Å². The van der Waals surface area contributed by atoms with Gasteiger partial charge in [0.2, 0.25) is 5.91 Å². The summed E-state index contributed by atoms with van der Waals surface area (Å²) in [6.45, 7) is 1.42. The molecule has 2 saturated heterocycles. The van der Waals surface area contributed by atoms with Gasteiger partial charge in [-0.3, -0.25) is 9.69 Å². The molecule has 0 spiro atoms. The van der Waals surface area contributed by atoms with E-state index in [2.05, 4.69) is 16.4 Å². The molecule has 2 bridgehead atoms. The van der Waals surface area contributed by atoms with Crippen molar-refractivity contribution in [1.29, 1.82) is 5.26 Å². The Kier molecular flexibility index (Phi) is 6.64. The second-order valence-electron chi connectivity index (χ2n) is 8.30. The normalized spacial score (nSPS) is 21.9. The first-order chi connectivity index (χ1) is 15.1. The summed E-state index contributed by atoms with van der Waals surface area (Å²) in [6, 6.07) is 16.0. The Balaban J connectivity index is 1.46. The third kappa shape index (κ3) is 4.95. The van der Waals surface area contributed by atoms with Gasteiger partial charge in [0.05, 0.1) is 25.7 Å². The maximum Gasteiger partial charge on any atom is 0.234 e. The SMILES string of the molecule is COc1ccccc1CN(CC(=O)N[C@@H]1C[C@@H]2CC[C@H]1N2C#N)Cc1cccc(Cl)c1. The van der Waals surface area contributed by atoms with E-state index in [0.29, 0.717) is 18.1 Å². The van der Waals surface area contributed by atoms with Crippen LogP contribution in [0.15, 0.2) is 48.5 Å². The Morgan fingerprint density at radius 3 is 2.84 bits per heavy atom. The van der Waals surface area contributed by atoms with E-state index in [1.807, 2.05) is 53.4 Å². The molecule has 31 heavy (non-hydrogen) atoms. The van der Waals surface area contributed by atoms with E-state index in [9.17, 15) is 10.1 Å². The number of nitrogens with one attached hydrogen (secondary N) is 1. The fraction of sp³-hybridized carbons (Fsp3) is 0.417. The van der Waals surface area contributed by atoms with Crippen LogP contribution in [0.2, 0.25) is 5.02 Å². The monoisotopic (exact) mass is 438 g/mol. The molecule has 1 N–H and O–H groups in total. The number of benzene rings is 2. The number of nitriles is 1. The van der Waals surface area contributed by atoms with Gasteiger partial charge in [0.1, 0.15) is 5.75 Å². The van der Waals surface area contributed by atoms with Crippen molar-refractivity contribution in [3.8, 4) is 11.9 Å². The summed E-state index contributed by atoms with van der Waals surface area (Å²) in [7, 11) is 1.66. The van der Waals surface area contributed by atoms with Crippen molar-refractivity contribution in [2.45, 2.75) is 50.5 Å². The highest BCUT2D eigenvalue weighted by Gasteiger charge is 2.46. The maximum atomic E-state index is 13.0. The van der Waals surface area contributed by atoms with Crippen molar-refractivity contribution >= 4 is 17.5 Å². The predicted octanol–water partition coefficient (Wildman–Crippen LogP) is 3.55. The van der Waals surface area contributed by atoms with Gasteiger partial charge in [-0.15, -0.1) is 0 Å². The topological polar surface area (TPSA) is 68.6 Å². The van der Waals surface area contributed by atoms with Crippen LogP contribution in [0.1, 0.15) is 30.4 Å². The minimum absolute atomic E-state index is 0.0210. The van der Waals surface area contributed by atoms with Gasteiger partial charge in [-0.1, -0.05) is 41.9 Å². The largest absolute Gasteiger partial charge is 0.496 e. The standard InChI is InChI=1S/C24H27ClN4O2/c1-31-23-8-3-2-6-18(23)14-28(13-17-5-4-7-19(25)11-17)15-24(30)27-21-12-20-9-10-22(21)29(20)16-26/h2-8,11,20-22H,9-10,12-15H2,1H3,(H,27,30)/t20-,21+,22+/m0/s1.